The van der Waals surface area contributed by atoms with Crippen LogP contribution < -0.4 is 30.5 Å². The van der Waals surface area contributed by atoms with Crippen molar-refractivity contribution in [3.05, 3.63) is 77.9 Å². The zero-order valence-electron chi connectivity index (χ0n) is 21.7. The number of hydrogen-bond donors (Lipinski definition) is 3. The number of nitrogens with zero attached hydrogens (tertiary/aromatic N) is 2. The second kappa shape index (κ2) is 12.2. The van der Waals surface area contributed by atoms with Gasteiger partial charge < -0.3 is 30.5 Å². The minimum Gasteiger partial charge on any atom is -0.495 e. The van der Waals surface area contributed by atoms with Gasteiger partial charge in [-0.15, -0.1) is 0 Å². The number of anilines is 4. The number of hydrogen-bond acceptors (Lipinski definition) is 5. The lowest BCUT2D eigenvalue weighted by Gasteiger charge is -2.38. The summed E-state index contributed by atoms with van der Waals surface area (Å²) in [5.41, 5.74) is 4.81. The van der Waals surface area contributed by atoms with Crippen molar-refractivity contribution in [2.75, 3.05) is 60.3 Å². The molecule has 194 valence electrons. The highest BCUT2D eigenvalue weighted by atomic mass is 16.5. The van der Waals surface area contributed by atoms with Gasteiger partial charge in [-0.2, -0.15) is 0 Å². The van der Waals surface area contributed by atoms with E-state index < -0.39 is 0 Å². The Morgan fingerprint density at radius 1 is 0.838 bits per heavy atom. The highest BCUT2D eigenvalue weighted by Gasteiger charge is 2.23. The number of methoxy groups -OCH3 is 1. The van der Waals surface area contributed by atoms with Crippen LogP contribution in [0.2, 0.25) is 0 Å². The van der Waals surface area contributed by atoms with Gasteiger partial charge in [-0.3, -0.25) is 4.79 Å². The number of carbonyl (C=O) groups excluding carboxylic acids is 2. The summed E-state index contributed by atoms with van der Waals surface area (Å²) in [6.45, 7) is 7.69. The van der Waals surface area contributed by atoms with Gasteiger partial charge in [0.05, 0.1) is 18.4 Å². The van der Waals surface area contributed by atoms with Crippen LogP contribution in [0.3, 0.4) is 0 Å². The van der Waals surface area contributed by atoms with Crippen molar-refractivity contribution >= 4 is 34.7 Å². The third-order valence-electron chi connectivity index (χ3n) is 6.36. The van der Waals surface area contributed by atoms with E-state index in [0.29, 0.717) is 23.5 Å². The fourth-order valence-electron chi connectivity index (χ4n) is 4.50. The van der Waals surface area contributed by atoms with Gasteiger partial charge in [-0.05, 0) is 61.4 Å². The monoisotopic (exact) mass is 501 g/mol. The standard InChI is InChI=1S/C29H35N5O3/c1-4-14-30-28(35)24-20-23(32-29(36)31-22-9-7-8-21(2)19-22)12-13-25(24)33-15-17-34(18-16-33)26-10-5-6-11-27(26)37-3/h5-13,19-20H,4,14-18H2,1-3H3,(H,30,35)(H2,31,32,36). The lowest BCUT2D eigenvalue weighted by Crippen LogP contribution is -2.47. The largest absolute Gasteiger partial charge is 0.495 e. The second-order valence-corrected chi connectivity index (χ2v) is 9.08. The zero-order chi connectivity index (χ0) is 26.2. The van der Waals surface area contributed by atoms with Crippen LogP contribution in [-0.4, -0.2) is 51.8 Å². The summed E-state index contributed by atoms with van der Waals surface area (Å²) in [4.78, 5) is 30.2. The Kier molecular flexibility index (Phi) is 8.51. The number of para-hydroxylation sites is 2. The molecule has 3 aromatic carbocycles. The van der Waals surface area contributed by atoms with Gasteiger partial charge >= 0.3 is 6.03 Å². The van der Waals surface area contributed by atoms with Gasteiger partial charge in [-0.25, -0.2) is 4.79 Å². The smallest absolute Gasteiger partial charge is 0.323 e. The first kappa shape index (κ1) is 25.9. The fourth-order valence-corrected chi connectivity index (χ4v) is 4.50. The Balaban J connectivity index is 1.50. The molecule has 3 aromatic rings. The molecular weight excluding hydrogens is 466 g/mol. The maximum atomic E-state index is 13.1. The quantitative estimate of drug-likeness (QED) is 0.399. The van der Waals surface area contributed by atoms with Crippen LogP contribution in [0, 0.1) is 6.92 Å². The molecule has 1 saturated heterocycles. The number of piperazine rings is 1. The van der Waals surface area contributed by atoms with Crippen LogP contribution in [0.5, 0.6) is 5.75 Å². The Bertz CT molecular complexity index is 1240. The first-order chi connectivity index (χ1) is 18.0. The summed E-state index contributed by atoms with van der Waals surface area (Å²) in [5.74, 6) is 0.710. The molecule has 0 spiro atoms. The van der Waals surface area contributed by atoms with Crippen LogP contribution in [0.15, 0.2) is 66.7 Å². The lowest BCUT2D eigenvalue weighted by atomic mass is 10.1. The van der Waals surface area contributed by atoms with Gasteiger partial charge in [0.2, 0.25) is 0 Å². The van der Waals surface area contributed by atoms with E-state index in [9.17, 15) is 9.59 Å². The zero-order valence-corrected chi connectivity index (χ0v) is 21.7. The summed E-state index contributed by atoms with van der Waals surface area (Å²) in [6, 6.07) is 20.8. The van der Waals surface area contributed by atoms with Gasteiger partial charge in [0.1, 0.15) is 5.75 Å². The molecule has 0 unspecified atom stereocenters. The third kappa shape index (κ3) is 6.52. The van der Waals surface area contributed by atoms with Gasteiger partial charge in [0.25, 0.3) is 5.91 Å². The van der Waals surface area contributed by atoms with E-state index in [4.69, 9.17) is 4.74 Å². The van der Waals surface area contributed by atoms with E-state index in [1.807, 2.05) is 68.4 Å². The summed E-state index contributed by atoms with van der Waals surface area (Å²) in [6.07, 6.45) is 0.843. The molecule has 0 bridgehead atoms. The molecule has 37 heavy (non-hydrogen) atoms. The van der Waals surface area contributed by atoms with E-state index >= 15 is 0 Å². The molecule has 3 amide bonds. The van der Waals surface area contributed by atoms with Crippen molar-refractivity contribution in [3.8, 4) is 5.75 Å². The molecule has 0 radical (unpaired) electrons. The molecule has 3 N–H and O–H groups in total. The molecule has 1 heterocycles. The van der Waals surface area contributed by atoms with Crippen molar-refractivity contribution in [2.45, 2.75) is 20.3 Å². The van der Waals surface area contributed by atoms with E-state index in [2.05, 4.69) is 31.8 Å². The fraction of sp³-hybridized carbons (Fsp3) is 0.310. The van der Waals surface area contributed by atoms with Crippen molar-refractivity contribution in [1.82, 2.24) is 5.32 Å². The first-order valence-corrected chi connectivity index (χ1v) is 12.7. The van der Waals surface area contributed by atoms with E-state index in [0.717, 1.165) is 55.3 Å². The Labute approximate surface area is 218 Å². The number of aryl methyl sites for hydroxylation is 1. The second-order valence-electron chi connectivity index (χ2n) is 9.08. The maximum absolute atomic E-state index is 13.1. The summed E-state index contributed by atoms with van der Waals surface area (Å²) < 4.78 is 5.54. The van der Waals surface area contributed by atoms with Crippen molar-refractivity contribution in [2.24, 2.45) is 0 Å². The molecule has 0 aliphatic carbocycles. The van der Waals surface area contributed by atoms with E-state index in [1.54, 1.807) is 13.2 Å². The highest BCUT2D eigenvalue weighted by molar-refractivity contribution is 6.04. The Hall–Kier alpha value is -4.20. The Morgan fingerprint density at radius 2 is 1.51 bits per heavy atom. The third-order valence-corrected chi connectivity index (χ3v) is 6.36. The minimum atomic E-state index is -0.358. The number of nitrogens with one attached hydrogen (secondary N) is 3. The molecule has 8 heteroatoms. The van der Waals surface area contributed by atoms with E-state index in [-0.39, 0.29) is 11.9 Å². The predicted molar refractivity (Wildman–Crippen MR) is 150 cm³/mol. The molecule has 1 aliphatic heterocycles. The molecule has 4 rings (SSSR count). The number of benzene rings is 3. The van der Waals surface area contributed by atoms with Gasteiger partial charge in [0, 0.05) is 49.8 Å². The van der Waals surface area contributed by atoms with Gasteiger partial charge in [-0.1, -0.05) is 31.2 Å². The summed E-state index contributed by atoms with van der Waals surface area (Å²) in [5, 5.41) is 8.69. The van der Waals surface area contributed by atoms with Crippen molar-refractivity contribution in [1.29, 1.82) is 0 Å². The van der Waals surface area contributed by atoms with E-state index in [1.165, 1.54) is 0 Å². The van der Waals surface area contributed by atoms with Crippen LogP contribution in [0.25, 0.3) is 0 Å². The normalized spacial score (nSPS) is 13.2. The van der Waals surface area contributed by atoms with Crippen molar-refractivity contribution < 1.29 is 14.3 Å². The number of urea groups is 1. The molecule has 0 saturated carbocycles. The molecule has 0 atom stereocenters. The molecule has 8 nitrogen and oxygen atoms in total. The average molecular weight is 502 g/mol. The summed E-state index contributed by atoms with van der Waals surface area (Å²) in [7, 11) is 1.69. The average Bonchev–Trinajstić information content (AvgIpc) is 2.91. The first-order valence-electron chi connectivity index (χ1n) is 12.7. The lowest BCUT2D eigenvalue weighted by molar-refractivity contribution is 0.0954. The number of ether oxygens (including phenoxy) is 1. The summed E-state index contributed by atoms with van der Waals surface area (Å²) >= 11 is 0. The van der Waals surface area contributed by atoms with Gasteiger partial charge in [0.15, 0.2) is 0 Å². The molecular formula is C29H35N5O3. The Morgan fingerprint density at radius 3 is 2.19 bits per heavy atom. The maximum Gasteiger partial charge on any atom is 0.323 e. The molecule has 0 aromatic heterocycles. The van der Waals surface area contributed by atoms with Crippen LogP contribution >= 0.6 is 0 Å². The minimum absolute atomic E-state index is 0.147. The topological polar surface area (TPSA) is 85.9 Å². The predicted octanol–water partition coefficient (Wildman–Crippen LogP) is 5.11. The van der Waals surface area contributed by atoms with Crippen molar-refractivity contribution in [3.63, 3.8) is 0 Å². The van der Waals surface area contributed by atoms with Crippen LogP contribution in [-0.2, 0) is 0 Å². The number of amides is 3. The molecule has 1 fully saturated rings. The highest BCUT2D eigenvalue weighted by Crippen LogP contribution is 2.31. The molecule has 1 aliphatic rings. The number of rotatable bonds is 8. The van der Waals surface area contributed by atoms with Crippen LogP contribution in [0.4, 0.5) is 27.5 Å². The SMILES string of the molecule is CCCNC(=O)c1cc(NC(=O)Nc2cccc(C)c2)ccc1N1CCN(c2ccccc2OC)CC1. The van der Waals surface area contributed by atoms with Crippen LogP contribution in [0.1, 0.15) is 29.3 Å². The number of carbonyl (C=O) groups is 2.